The van der Waals surface area contributed by atoms with Crippen molar-refractivity contribution in [1.82, 2.24) is 0 Å². The molecule has 3 unspecified atom stereocenters. The van der Waals surface area contributed by atoms with Crippen molar-refractivity contribution < 1.29 is 24.2 Å². The Morgan fingerprint density at radius 1 is 1.32 bits per heavy atom. The van der Waals surface area contributed by atoms with Gasteiger partial charge in [0.1, 0.15) is 18.1 Å². The van der Waals surface area contributed by atoms with Gasteiger partial charge in [-0.15, -0.1) is 11.6 Å². The molecule has 0 bridgehead atoms. The molecule has 0 aromatic rings. The molecule has 0 fully saturated rings. The second-order valence-corrected chi connectivity index (χ2v) is 6.13. The Bertz CT molecular complexity index is 362. The summed E-state index contributed by atoms with van der Waals surface area (Å²) in [5.74, 6) is -1.17. The maximum absolute atomic E-state index is 11.4. The molecule has 0 radical (unpaired) electrons. The van der Waals surface area contributed by atoms with Crippen LogP contribution in [-0.4, -0.2) is 47.1 Å². The third-order valence-electron chi connectivity index (χ3n) is 3.02. The smallest absolute Gasteiger partial charge is 0.321 e. The third kappa shape index (κ3) is 9.43. The van der Waals surface area contributed by atoms with Crippen molar-refractivity contribution in [2.24, 2.45) is 0 Å². The minimum Gasteiger partial charge on any atom is -0.469 e. The number of hydrogen-bond donors (Lipinski definition) is 1. The molecular weight excluding hydrogens is 376 g/mol. The Labute approximate surface area is 145 Å². The van der Waals surface area contributed by atoms with Crippen LogP contribution in [0, 0.1) is 0 Å². The van der Waals surface area contributed by atoms with Gasteiger partial charge < -0.3 is 14.6 Å². The Morgan fingerprint density at radius 2 is 2.00 bits per heavy atom. The molecule has 5 nitrogen and oxygen atoms in total. The highest BCUT2D eigenvalue weighted by Gasteiger charge is 2.27. The zero-order valence-electron chi connectivity index (χ0n) is 13.0. The molecule has 0 aliphatic rings. The Hall–Kier alpha value is -0.590. The summed E-state index contributed by atoms with van der Waals surface area (Å²) in [6.45, 7) is 2.07. The van der Waals surface area contributed by atoms with Crippen molar-refractivity contribution in [1.29, 1.82) is 0 Å². The van der Waals surface area contributed by atoms with Crippen molar-refractivity contribution in [2.45, 2.75) is 56.1 Å². The molecule has 0 aromatic carbocycles. The minimum atomic E-state index is -0.919. The number of unbranched alkanes of at least 4 members (excludes halogenated alkanes) is 2. The monoisotopic (exact) mass is 398 g/mol. The van der Waals surface area contributed by atoms with Crippen LogP contribution in [0.3, 0.4) is 0 Å². The van der Waals surface area contributed by atoms with Gasteiger partial charge in [-0.05, 0) is 12.8 Å². The molecule has 0 saturated heterocycles. The molecule has 0 spiro atoms. The van der Waals surface area contributed by atoms with E-state index in [0.29, 0.717) is 6.42 Å². The van der Waals surface area contributed by atoms with E-state index in [1.165, 1.54) is 7.11 Å². The zero-order valence-corrected chi connectivity index (χ0v) is 15.3. The predicted octanol–water partition coefficient (Wildman–Crippen LogP) is 2.96. The summed E-state index contributed by atoms with van der Waals surface area (Å²) in [4.78, 5) is 21.9. The number of carbonyl (C=O) groups excluding carboxylic acids is 2. The molecule has 0 amide bonds. The number of rotatable bonds is 11. The molecular formula is C15H24BrClO5. The number of ether oxygens (including phenoxy) is 2. The summed E-state index contributed by atoms with van der Waals surface area (Å²) in [6, 6.07) is 0. The number of aliphatic hydroxyl groups is 1. The molecule has 3 atom stereocenters. The van der Waals surface area contributed by atoms with E-state index in [2.05, 4.69) is 27.6 Å². The molecule has 128 valence electrons. The van der Waals surface area contributed by atoms with Crippen molar-refractivity contribution in [3.63, 3.8) is 0 Å². The van der Waals surface area contributed by atoms with Gasteiger partial charge in [0.15, 0.2) is 0 Å². The normalized spacial score (nSPS) is 15.3. The van der Waals surface area contributed by atoms with Crippen molar-refractivity contribution in [3.05, 3.63) is 12.2 Å². The van der Waals surface area contributed by atoms with Crippen molar-refractivity contribution >= 4 is 39.5 Å². The van der Waals surface area contributed by atoms with Crippen LogP contribution in [0.25, 0.3) is 0 Å². The van der Waals surface area contributed by atoms with Gasteiger partial charge in [0, 0.05) is 0 Å². The highest BCUT2D eigenvalue weighted by molar-refractivity contribution is 9.09. The predicted molar refractivity (Wildman–Crippen MR) is 89.2 cm³/mol. The molecule has 0 saturated carbocycles. The van der Waals surface area contributed by atoms with Gasteiger partial charge in [-0.2, -0.15) is 0 Å². The number of methoxy groups -OCH3 is 1. The third-order valence-corrected chi connectivity index (χ3v) is 4.09. The molecule has 22 heavy (non-hydrogen) atoms. The average molecular weight is 400 g/mol. The van der Waals surface area contributed by atoms with Crippen LogP contribution in [0.5, 0.6) is 0 Å². The number of esters is 2. The largest absolute Gasteiger partial charge is 0.469 e. The van der Waals surface area contributed by atoms with Crippen LogP contribution >= 0.6 is 27.5 Å². The van der Waals surface area contributed by atoms with Crippen molar-refractivity contribution in [2.75, 3.05) is 13.0 Å². The first-order chi connectivity index (χ1) is 10.5. The lowest BCUT2D eigenvalue weighted by Gasteiger charge is -2.25. The van der Waals surface area contributed by atoms with Gasteiger partial charge >= 0.3 is 11.9 Å². The topological polar surface area (TPSA) is 72.8 Å². The number of carbonyl (C=O) groups is 2. The van der Waals surface area contributed by atoms with Gasteiger partial charge in [-0.1, -0.05) is 47.8 Å². The van der Waals surface area contributed by atoms with E-state index >= 15 is 0 Å². The summed E-state index contributed by atoms with van der Waals surface area (Å²) >= 11 is 8.77. The second kappa shape index (κ2) is 12.9. The van der Waals surface area contributed by atoms with E-state index in [1.54, 1.807) is 12.2 Å². The summed E-state index contributed by atoms with van der Waals surface area (Å²) in [5.41, 5.74) is 0. The van der Waals surface area contributed by atoms with Gasteiger partial charge in [-0.25, -0.2) is 0 Å². The van der Waals surface area contributed by atoms with E-state index in [9.17, 15) is 14.7 Å². The Balaban J connectivity index is 4.58. The quantitative estimate of drug-likeness (QED) is 0.250. The van der Waals surface area contributed by atoms with E-state index in [4.69, 9.17) is 16.3 Å². The van der Waals surface area contributed by atoms with E-state index in [0.717, 1.165) is 19.3 Å². The van der Waals surface area contributed by atoms with E-state index in [1.807, 2.05) is 0 Å². The number of alkyl halides is 2. The van der Waals surface area contributed by atoms with Gasteiger partial charge in [-0.3, -0.25) is 9.59 Å². The zero-order chi connectivity index (χ0) is 17.0. The minimum absolute atomic E-state index is 0.118. The van der Waals surface area contributed by atoms with E-state index < -0.39 is 23.0 Å². The maximum Gasteiger partial charge on any atom is 0.321 e. The van der Waals surface area contributed by atoms with Crippen LogP contribution in [0.2, 0.25) is 0 Å². The lowest BCUT2D eigenvalue weighted by atomic mass is 10.0. The number of aliphatic hydroxyl groups excluding tert-OH is 1. The van der Waals surface area contributed by atoms with Gasteiger partial charge in [0.2, 0.25) is 0 Å². The first kappa shape index (κ1) is 21.4. The van der Waals surface area contributed by atoms with Gasteiger partial charge in [0.05, 0.1) is 18.4 Å². The molecule has 0 aromatic heterocycles. The van der Waals surface area contributed by atoms with Crippen LogP contribution in [-0.2, 0) is 19.1 Å². The lowest BCUT2D eigenvalue weighted by molar-refractivity contribution is -0.152. The molecule has 1 N–H and O–H groups in total. The fraction of sp³-hybridized carbons (Fsp3) is 0.733. The lowest BCUT2D eigenvalue weighted by Crippen LogP contribution is -2.37. The van der Waals surface area contributed by atoms with Crippen LogP contribution in [0.1, 0.15) is 39.0 Å². The Morgan fingerprint density at radius 3 is 2.55 bits per heavy atom. The highest BCUT2D eigenvalue weighted by Crippen LogP contribution is 2.19. The maximum atomic E-state index is 11.4. The van der Waals surface area contributed by atoms with Crippen molar-refractivity contribution in [3.8, 4) is 0 Å². The average Bonchev–Trinajstić information content (AvgIpc) is 2.52. The highest BCUT2D eigenvalue weighted by atomic mass is 79.9. The van der Waals surface area contributed by atoms with Crippen LogP contribution in [0.4, 0.5) is 0 Å². The first-order valence-corrected chi connectivity index (χ1v) is 8.72. The molecule has 0 aliphatic heterocycles. The fourth-order valence-electron chi connectivity index (χ4n) is 1.79. The summed E-state index contributed by atoms with van der Waals surface area (Å²) in [6.07, 6.45) is 5.24. The second-order valence-electron chi connectivity index (χ2n) is 4.80. The number of halogens is 2. The summed E-state index contributed by atoms with van der Waals surface area (Å²) in [5, 5.41) is 10.3. The number of hydrogen-bond acceptors (Lipinski definition) is 5. The summed E-state index contributed by atoms with van der Waals surface area (Å²) in [7, 11) is 1.31. The standard InChI is InChI=1S/C15H24BrClO5/c1-3-4-5-8-12(22-14(19)10-17)15(20)11(16)7-6-9-13(18)21-2/h6-7,11-12,15,20H,3-5,8-10H2,1-2H3. The summed E-state index contributed by atoms with van der Waals surface area (Å²) < 4.78 is 9.72. The fourth-order valence-corrected chi connectivity index (χ4v) is 2.41. The SMILES string of the molecule is CCCCCC(OC(=O)CCl)C(O)C(Br)C=CCC(=O)OC. The molecule has 7 heteroatoms. The van der Waals surface area contributed by atoms with Crippen LogP contribution in [0.15, 0.2) is 12.2 Å². The first-order valence-electron chi connectivity index (χ1n) is 7.27. The molecule has 0 aliphatic carbocycles. The van der Waals surface area contributed by atoms with Crippen LogP contribution < -0.4 is 0 Å². The molecule has 0 heterocycles. The van der Waals surface area contributed by atoms with Gasteiger partial charge in [0.25, 0.3) is 0 Å². The van der Waals surface area contributed by atoms with E-state index in [-0.39, 0.29) is 18.3 Å². The molecule has 0 rings (SSSR count). The Kier molecular flexibility index (Phi) is 12.6.